The quantitative estimate of drug-likeness (QED) is 0.834. The Bertz CT molecular complexity index is 661. The molecule has 0 unspecified atom stereocenters. The summed E-state index contributed by atoms with van der Waals surface area (Å²) in [5.41, 5.74) is 8.93. The van der Waals surface area contributed by atoms with Crippen molar-refractivity contribution < 1.29 is 4.79 Å². The molecule has 1 aliphatic rings. The van der Waals surface area contributed by atoms with Gasteiger partial charge in [0.2, 0.25) is 0 Å². The Labute approximate surface area is 137 Å². The predicted octanol–water partition coefficient (Wildman–Crippen LogP) is 3.16. The molecular weight excluding hydrogens is 286 g/mol. The molecule has 0 atom stereocenters. The van der Waals surface area contributed by atoms with Gasteiger partial charge in [0.05, 0.1) is 5.56 Å². The lowest BCUT2D eigenvalue weighted by atomic mass is 10.1. The summed E-state index contributed by atoms with van der Waals surface area (Å²) < 4.78 is 0. The smallest absolute Gasteiger partial charge is 0.257 e. The second-order valence-corrected chi connectivity index (χ2v) is 6.04. The molecule has 0 bridgehead atoms. The molecular formula is C19H23N3O. The van der Waals surface area contributed by atoms with Crippen LogP contribution in [-0.4, -0.2) is 30.4 Å². The Balaban J connectivity index is 1.56. The molecule has 0 spiro atoms. The summed E-state index contributed by atoms with van der Waals surface area (Å²) >= 11 is 0. The Morgan fingerprint density at radius 2 is 1.74 bits per heavy atom. The van der Waals surface area contributed by atoms with Crippen LogP contribution in [0.25, 0.3) is 0 Å². The van der Waals surface area contributed by atoms with Gasteiger partial charge in [0.25, 0.3) is 5.91 Å². The molecule has 0 radical (unpaired) electrons. The second kappa shape index (κ2) is 7.29. The molecule has 1 amide bonds. The van der Waals surface area contributed by atoms with E-state index in [-0.39, 0.29) is 5.91 Å². The molecule has 1 heterocycles. The Hall–Kier alpha value is -2.33. The molecule has 1 fully saturated rings. The molecule has 2 aromatic rings. The molecule has 4 nitrogen and oxygen atoms in total. The summed E-state index contributed by atoms with van der Waals surface area (Å²) in [6.45, 7) is 3.57. The first kappa shape index (κ1) is 15.6. The highest BCUT2D eigenvalue weighted by atomic mass is 16.1. The largest absolute Gasteiger partial charge is 0.398 e. The fraction of sp³-hybridized carbons (Fsp3) is 0.316. The highest BCUT2D eigenvalue weighted by molar-refractivity contribution is 6.07. The fourth-order valence-corrected chi connectivity index (χ4v) is 2.95. The molecule has 0 saturated carbocycles. The summed E-state index contributed by atoms with van der Waals surface area (Å²) in [6, 6.07) is 15.2. The number of likely N-dealkylation sites (tertiary alicyclic amines) is 1. The zero-order chi connectivity index (χ0) is 16.1. The van der Waals surface area contributed by atoms with Gasteiger partial charge in [-0.05, 0) is 62.2 Å². The summed E-state index contributed by atoms with van der Waals surface area (Å²) in [5, 5.41) is 2.89. The molecule has 1 aliphatic heterocycles. The van der Waals surface area contributed by atoms with Gasteiger partial charge in [-0.15, -0.1) is 0 Å². The first-order chi connectivity index (χ1) is 11.2. The van der Waals surface area contributed by atoms with Gasteiger partial charge in [-0.25, -0.2) is 0 Å². The summed E-state index contributed by atoms with van der Waals surface area (Å²) in [4.78, 5) is 14.7. The number of nitrogens with one attached hydrogen (secondary N) is 1. The Kier molecular flexibility index (Phi) is 4.93. The fourth-order valence-electron chi connectivity index (χ4n) is 2.95. The average molecular weight is 309 g/mol. The van der Waals surface area contributed by atoms with E-state index in [0.29, 0.717) is 11.3 Å². The Morgan fingerprint density at radius 1 is 1.04 bits per heavy atom. The number of amides is 1. The van der Waals surface area contributed by atoms with Crippen LogP contribution in [0, 0.1) is 0 Å². The van der Waals surface area contributed by atoms with E-state index in [4.69, 9.17) is 5.73 Å². The van der Waals surface area contributed by atoms with Gasteiger partial charge in [-0.2, -0.15) is 0 Å². The molecule has 3 rings (SSSR count). The van der Waals surface area contributed by atoms with Crippen LogP contribution in [0.3, 0.4) is 0 Å². The lowest BCUT2D eigenvalue weighted by molar-refractivity contribution is 0.102. The minimum atomic E-state index is -0.173. The molecule has 0 aliphatic carbocycles. The van der Waals surface area contributed by atoms with E-state index >= 15 is 0 Å². The number of rotatable bonds is 5. The summed E-state index contributed by atoms with van der Waals surface area (Å²) in [6.07, 6.45) is 3.71. The average Bonchev–Trinajstić information content (AvgIpc) is 3.08. The standard InChI is InChI=1S/C19H23N3O/c20-18-6-2-1-5-17(18)19(23)21-16-9-7-15(8-10-16)11-14-22-12-3-4-13-22/h1-2,5-10H,3-4,11-14,20H2,(H,21,23). The number of nitrogens with two attached hydrogens (primary N) is 1. The highest BCUT2D eigenvalue weighted by Crippen LogP contribution is 2.16. The number of anilines is 2. The second-order valence-electron chi connectivity index (χ2n) is 6.04. The number of carbonyl (C=O) groups is 1. The number of nitrogens with zero attached hydrogens (tertiary/aromatic N) is 1. The van der Waals surface area contributed by atoms with Crippen molar-refractivity contribution in [3.05, 3.63) is 59.7 Å². The molecule has 1 saturated heterocycles. The first-order valence-electron chi connectivity index (χ1n) is 8.19. The van der Waals surface area contributed by atoms with Crippen LogP contribution in [0.15, 0.2) is 48.5 Å². The van der Waals surface area contributed by atoms with E-state index in [1.54, 1.807) is 12.1 Å². The van der Waals surface area contributed by atoms with Gasteiger partial charge in [-0.3, -0.25) is 4.79 Å². The van der Waals surface area contributed by atoms with Crippen molar-refractivity contribution in [2.24, 2.45) is 0 Å². The van der Waals surface area contributed by atoms with E-state index in [1.165, 1.54) is 31.5 Å². The molecule has 4 heteroatoms. The van der Waals surface area contributed by atoms with Crippen molar-refractivity contribution in [1.29, 1.82) is 0 Å². The van der Waals surface area contributed by atoms with E-state index in [1.807, 2.05) is 24.3 Å². The summed E-state index contributed by atoms with van der Waals surface area (Å²) in [5.74, 6) is -0.173. The molecule has 23 heavy (non-hydrogen) atoms. The van der Waals surface area contributed by atoms with Crippen LogP contribution >= 0.6 is 0 Å². The third-order valence-electron chi connectivity index (χ3n) is 4.33. The van der Waals surface area contributed by atoms with Crippen molar-refractivity contribution in [1.82, 2.24) is 4.90 Å². The Morgan fingerprint density at radius 3 is 2.43 bits per heavy atom. The molecule has 120 valence electrons. The lowest BCUT2D eigenvalue weighted by Crippen LogP contribution is -2.21. The molecule has 3 N–H and O–H groups in total. The van der Waals surface area contributed by atoms with E-state index in [9.17, 15) is 4.79 Å². The van der Waals surface area contributed by atoms with Gasteiger partial charge in [0, 0.05) is 17.9 Å². The maximum Gasteiger partial charge on any atom is 0.257 e. The zero-order valence-electron chi connectivity index (χ0n) is 13.3. The number of hydrogen-bond donors (Lipinski definition) is 2. The zero-order valence-corrected chi connectivity index (χ0v) is 13.3. The highest BCUT2D eigenvalue weighted by Gasteiger charge is 2.11. The van der Waals surface area contributed by atoms with E-state index in [0.717, 1.165) is 18.7 Å². The van der Waals surface area contributed by atoms with Crippen LogP contribution in [0.2, 0.25) is 0 Å². The van der Waals surface area contributed by atoms with Crippen molar-refractivity contribution in [2.45, 2.75) is 19.3 Å². The summed E-state index contributed by atoms with van der Waals surface area (Å²) in [7, 11) is 0. The number of nitrogen functional groups attached to an aromatic ring is 1. The third-order valence-corrected chi connectivity index (χ3v) is 4.33. The van der Waals surface area contributed by atoms with Crippen molar-refractivity contribution in [3.63, 3.8) is 0 Å². The van der Waals surface area contributed by atoms with Crippen LogP contribution < -0.4 is 11.1 Å². The van der Waals surface area contributed by atoms with Gasteiger partial charge >= 0.3 is 0 Å². The predicted molar refractivity (Wildman–Crippen MR) is 94.6 cm³/mol. The van der Waals surface area contributed by atoms with E-state index < -0.39 is 0 Å². The van der Waals surface area contributed by atoms with Gasteiger partial charge in [0.1, 0.15) is 0 Å². The van der Waals surface area contributed by atoms with Crippen LogP contribution in [0.5, 0.6) is 0 Å². The van der Waals surface area contributed by atoms with Crippen molar-refractivity contribution in [2.75, 3.05) is 30.7 Å². The number of carbonyl (C=O) groups excluding carboxylic acids is 1. The maximum absolute atomic E-state index is 12.2. The van der Waals surface area contributed by atoms with Crippen LogP contribution in [-0.2, 0) is 6.42 Å². The SMILES string of the molecule is Nc1ccccc1C(=O)Nc1ccc(CCN2CCCC2)cc1. The van der Waals surface area contributed by atoms with Crippen molar-refractivity contribution in [3.8, 4) is 0 Å². The van der Waals surface area contributed by atoms with Gasteiger partial charge in [0.15, 0.2) is 0 Å². The van der Waals surface area contributed by atoms with E-state index in [2.05, 4.69) is 22.3 Å². The van der Waals surface area contributed by atoms with Crippen LogP contribution in [0.4, 0.5) is 11.4 Å². The molecule has 0 aromatic heterocycles. The minimum Gasteiger partial charge on any atom is -0.398 e. The van der Waals surface area contributed by atoms with Gasteiger partial charge in [-0.1, -0.05) is 24.3 Å². The number of benzene rings is 2. The van der Waals surface area contributed by atoms with Crippen molar-refractivity contribution >= 4 is 17.3 Å². The monoisotopic (exact) mass is 309 g/mol. The lowest BCUT2D eigenvalue weighted by Gasteiger charge is -2.14. The number of para-hydroxylation sites is 1. The first-order valence-corrected chi connectivity index (χ1v) is 8.19. The molecule has 2 aromatic carbocycles. The third kappa shape index (κ3) is 4.11. The topological polar surface area (TPSA) is 58.4 Å². The maximum atomic E-state index is 12.2. The van der Waals surface area contributed by atoms with Gasteiger partial charge < -0.3 is 16.0 Å². The normalized spacial score (nSPS) is 14.8. The van der Waals surface area contributed by atoms with Crippen LogP contribution in [0.1, 0.15) is 28.8 Å². The number of hydrogen-bond acceptors (Lipinski definition) is 3. The minimum absolute atomic E-state index is 0.173.